The summed E-state index contributed by atoms with van der Waals surface area (Å²) in [5, 5.41) is 0. The Balaban J connectivity index is 2.14. The molecule has 2 aliphatic rings. The molecule has 2 heteroatoms. The highest BCUT2D eigenvalue weighted by molar-refractivity contribution is 8.00. The van der Waals surface area contributed by atoms with Gasteiger partial charge in [0.1, 0.15) is 0 Å². The summed E-state index contributed by atoms with van der Waals surface area (Å²) in [5.41, 5.74) is 6.50. The minimum atomic E-state index is 0.486. The molecule has 1 unspecified atom stereocenters. The van der Waals surface area contributed by atoms with Crippen molar-refractivity contribution in [2.24, 2.45) is 17.1 Å². The van der Waals surface area contributed by atoms with Gasteiger partial charge in [-0.05, 0) is 42.9 Å². The van der Waals surface area contributed by atoms with E-state index in [1.807, 2.05) is 0 Å². The lowest BCUT2D eigenvalue weighted by molar-refractivity contribution is 0.0436. The van der Waals surface area contributed by atoms with E-state index < -0.39 is 0 Å². The van der Waals surface area contributed by atoms with Gasteiger partial charge in [-0.15, -0.1) is 0 Å². The Morgan fingerprint density at radius 1 is 1.38 bits per heavy atom. The van der Waals surface area contributed by atoms with E-state index in [4.69, 9.17) is 5.73 Å². The highest BCUT2D eigenvalue weighted by Crippen LogP contribution is 2.58. The van der Waals surface area contributed by atoms with Crippen molar-refractivity contribution in [3.63, 3.8) is 0 Å². The summed E-state index contributed by atoms with van der Waals surface area (Å²) >= 11 is 2.14. The second kappa shape index (κ2) is 3.16. The van der Waals surface area contributed by atoms with E-state index in [0.29, 0.717) is 10.2 Å². The first-order valence-electron chi connectivity index (χ1n) is 5.45. The third-order valence-electron chi connectivity index (χ3n) is 4.21. The minimum absolute atomic E-state index is 0.486. The van der Waals surface area contributed by atoms with E-state index in [2.05, 4.69) is 25.6 Å². The van der Waals surface area contributed by atoms with Crippen molar-refractivity contribution < 1.29 is 0 Å². The van der Waals surface area contributed by atoms with Crippen LogP contribution in [0.5, 0.6) is 0 Å². The van der Waals surface area contributed by atoms with Gasteiger partial charge in [0, 0.05) is 4.75 Å². The fourth-order valence-corrected chi connectivity index (χ4v) is 4.71. The molecule has 0 spiro atoms. The molecule has 0 aromatic carbocycles. The zero-order chi connectivity index (χ0) is 9.53. The van der Waals surface area contributed by atoms with Gasteiger partial charge in [-0.2, -0.15) is 11.8 Å². The molecular weight excluding hydrogens is 178 g/mol. The van der Waals surface area contributed by atoms with Crippen molar-refractivity contribution in [2.45, 2.75) is 44.3 Å². The van der Waals surface area contributed by atoms with Crippen molar-refractivity contribution in [1.29, 1.82) is 0 Å². The molecule has 0 bridgehead atoms. The molecule has 1 atom stereocenters. The lowest BCUT2D eigenvalue weighted by Crippen LogP contribution is -2.48. The van der Waals surface area contributed by atoms with Crippen LogP contribution in [-0.4, -0.2) is 17.0 Å². The van der Waals surface area contributed by atoms with Gasteiger partial charge in [-0.1, -0.05) is 20.3 Å². The van der Waals surface area contributed by atoms with Crippen LogP contribution >= 0.6 is 11.8 Å². The fraction of sp³-hybridized carbons (Fsp3) is 1.00. The lowest BCUT2D eigenvalue weighted by Gasteiger charge is -2.50. The monoisotopic (exact) mass is 199 g/mol. The molecule has 1 nitrogen and oxygen atoms in total. The first kappa shape index (κ1) is 9.85. The van der Waals surface area contributed by atoms with Crippen LogP contribution < -0.4 is 5.73 Å². The Morgan fingerprint density at radius 3 is 2.38 bits per heavy atom. The molecule has 0 aromatic rings. The van der Waals surface area contributed by atoms with Crippen LogP contribution in [0, 0.1) is 11.3 Å². The molecule has 1 saturated heterocycles. The summed E-state index contributed by atoms with van der Waals surface area (Å²) in [4.78, 5) is 0. The van der Waals surface area contributed by atoms with Crippen molar-refractivity contribution in [2.75, 3.05) is 12.3 Å². The summed E-state index contributed by atoms with van der Waals surface area (Å²) in [5.74, 6) is 2.23. The van der Waals surface area contributed by atoms with Crippen LogP contribution in [0.2, 0.25) is 0 Å². The normalized spacial score (nSPS) is 35.8. The maximum absolute atomic E-state index is 5.96. The summed E-state index contributed by atoms with van der Waals surface area (Å²) in [6, 6.07) is 0. The topological polar surface area (TPSA) is 26.0 Å². The Hall–Kier alpha value is 0.310. The highest BCUT2D eigenvalue weighted by atomic mass is 32.2. The molecule has 76 valence electrons. The van der Waals surface area contributed by atoms with Crippen LogP contribution in [0.4, 0.5) is 0 Å². The molecule has 0 aromatic heterocycles. The first-order valence-corrected chi connectivity index (χ1v) is 6.43. The van der Waals surface area contributed by atoms with Gasteiger partial charge in [-0.25, -0.2) is 0 Å². The van der Waals surface area contributed by atoms with E-state index in [-0.39, 0.29) is 0 Å². The largest absolute Gasteiger partial charge is 0.330 e. The summed E-state index contributed by atoms with van der Waals surface area (Å²) in [7, 11) is 0. The van der Waals surface area contributed by atoms with E-state index in [1.54, 1.807) is 0 Å². The molecule has 0 radical (unpaired) electrons. The fourth-order valence-electron chi connectivity index (χ4n) is 3.26. The van der Waals surface area contributed by atoms with Gasteiger partial charge < -0.3 is 5.73 Å². The van der Waals surface area contributed by atoms with Crippen LogP contribution in [0.25, 0.3) is 0 Å². The third kappa shape index (κ3) is 1.42. The lowest BCUT2D eigenvalue weighted by atomic mass is 9.57. The van der Waals surface area contributed by atoms with E-state index in [9.17, 15) is 0 Å². The van der Waals surface area contributed by atoms with Crippen LogP contribution in [0.15, 0.2) is 0 Å². The molecule has 1 aliphatic heterocycles. The van der Waals surface area contributed by atoms with Crippen LogP contribution in [-0.2, 0) is 0 Å². The zero-order valence-electron chi connectivity index (χ0n) is 8.81. The molecule has 0 amide bonds. The molecule has 2 fully saturated rings. The average Bonchev–Trinajstić information content (AvgIpc) is 2.31. The number of thioether (sulfide) groups is 1. The van der Waals surface area contributed by atoms with Gasteiger partial charge in [0.2, 0.25) is 0 Å². The number of rotatable bonds is 2. The summed E-state index contributed by atoms with van der Waals surface area (Å²) in [6.07, 6.45) is 5.58. The van der Waals surface area contributed by atoms with Gasteiger partial charge in [0.25, 0.3) is 0 Å². The maximum Gasteiger partial charge on any atom is 0.0137 e. The van der Waals surface area contributed by atoms with Gasteiger partial charge in [0.15, 0.2) is 0 Å². The van der Waals surface area contributed by atoms with Crippen molar-refractivity contribution >= 4 is 11.8 Å². The smallest absolute Gasteiger partial charge is 0.0137 e. The Bertz CT molecular complexity index is 191. The molecule has 2 N–H and O–H groups in total. The molecule has 1 saturated carbocycles. The van der Waals surface area contributed by atoms with Crippen LogP contribution in [0.1, 0.15) is 39.5 Å². The van der Waals surface area contributed by atoms with E-state index in [0.717, 1.165) is 12.5 Å². The second-order valence-corrected chi connectivity index (χ2v) is 6.96. The highest BCUT2D eigenvalue weighted by Gasteiger charge is 2.51. The Labute approximate surface area is 85.8 Å². The summed E-state index contributed by atoms with van der Waals surface area (Å²) in [6.45, 7) is 5.73. The first-order chi connectivity index (χ1) is 6.11. The molecule has 1 aliphatic carbocycles. The van der Waals surface area contributed by atoms with Gasteiger partial charge in [0.05, 0.1) is 0 Å². The Kier molecular flexibility index (Phi) is 2.40. The number of hydrogen-bond donors (Lipinski definition) is 1. The van der Waals surface area contributed by atoms with Crippen molar-refractivity contribution in [3.05, 3.63) is 0 Å². The Morgan fingerprint density at radius 2 is 2.08 bits per heavy atom. The van der Waals surface area contributed by atoms with Gasteiger partial charge in [-0.3, -0.25) is 0 Å². The second-order valence-electron chi connectivity index (χ2n) is 5.21. The van der Waals surface area contributed by atoms with Gasteiger partial charge >= 0.3 is 0 Å². The molecule has 1 heterocycles. The standard InChI is InChI=1S/C11H21NS/c1-10(2)9(4-7-13-10)11(8-12)5-3-6-11/h9H,3-8,12H2,1-2H3. The number of hydrogen-bond acceptors (Lipinski definition) is 2. The zero-order valence-corrected chi connectivity index (χ0v) is 9.62. The summed E-state index contributed by atoms with van der Waals surface area (Å²) < 4.78 is 0.486. The molecule has 13 heavy (non-hydrogen) atoms. The third-order valence-corrected chi connectivity index (χ3v) is 5.68. The van der Waals surface area contributed by atoms with Crippen molar-refractivity contribution in [1.82, 2.24) is 0 Å². The van der Waals surface area contributed by atoms with E-state index >= 15 is 0 Å². The predicted octanol–water partition coefficient (Wildman–Crippen LogP) is 2.65. The minimum Gasteiger partial charge on any atom is -0.330 e. The quantitative estimate of drug-likeness (QED) is 0.740. The molecular formula is C11H21NS. The SMILES string of the molecule is CC1(C)SCCC1C1(CN)CCC1. The predicted molar refractivity (Wildman–Crippen MR) is 60.0 cm³/mol. The van der Waals surface area contributed by atoms with E-state index in [1.165, 1.54) is 31.4 Å². The van der Waals surface area contributed by atoms with Crippen LogP contribution in [0.3, 0.4) is 0 Å². The number of nitrogens with two attached hydrogens (primary N) is 1. The molecule has 2 rings (SSSR count). The van der Waals surface area contributed by atoms with Crippen molar-refractivity contribution in [3.8, 4) is 0 Å². The maximum atomic E-state index is 5.96. The average molecular weight is 199 g/mol.